The first-order valence-corrected chi connectivity index (χ1v) is 10.1. The van der Waals surface area contributed by atoms with Crippen molar-refractivity contribution in [2.75, 3.05) is 23.9 Å². The van der Waals surface area contributed by atoms with Crippen LogP contribution in [-0.2, 0) is 14.3 Å². The summed E-state index contributed by atoms with van der Waals surface area (Å²) in [6.45, 7) is 2.89. The highest BCUT2D eigenvalue weighted by molar-refractivity contribution is 5.98. The third-order valence-corrected chi connectivity index (χ3v) is 4.99. The molecular formula is C24H22N4O5. The molecule has 2 aromatic carbocycles. The number of carbonyl (C=O) groups is 2. The fraction of sp³-hybridized carbons (Fsp3) is 0.167. The zero-order chi connectivity index (χ0) is 23.4. The molecule has 0 bridgehead atoms. The first-order chi connectivity index (χ1) is 15.9. The Kier molecular flexibility index (Phi) is 6.21. The van der Waals surface area contributed by atoms with Crippen LogP contribution in [0.1, 0.15) is 12.5 Å². The summed E-state index contributed by atoms with van der Waals surface area (Å²) in [6, 6.07) is 13.3. The SMILES string of the molecule is CC(=O)OCC(=O)N(C)c1ccccc1-c1cnc(Nc2ccc(-c3cnco3)c(C)c2)o1. The molecule has 1 N–H and O–H groups in total. The van der Waals surface area contributed by atoms with Crippen LogP contribution in [0.5, 0.6) is 0 Å². The van der Waals surface area contributed by atoms with Gasteiger partial charge in [0.2, 0.25) is 0 Å². The van der Waals surface area contributed by atoms with Crippen LogP contribution >= 0.6 is 0 Å². The Labute approximate surface area is 190 Å². The van der Waals surface area contributed by atoms with Gasteiger partial charge in [-0.05, 0) is 42.8 Å². The predicted octanol–water partition coefficient (Wildman–Crippen LogP) is 4.57. The molecule has 4 aromatic rings. The molecule has 0 aliphatic carbocycles. The molecule has 0 radical (unpaired) electrons. The Morgan fingerprint density at radius 2 is 1.91 bits per heavy atom. The molecule has 0 unspecified atom stereocenters. The summed E-state index contributed by atoms with van der Waals surface area (Å²) < 4.78 is 16.1. The fourth-order valence-electron chi connectivity index (χ4n) is 3.32. The second-order valence-corrected chi connectivity index (χ2v) is 7.30. The van der Waals surface area contributed by atoms with Crippen molar-refractivity contribution in [3.63, 3.8) is 0 Å². The standard InChI is InChI=1S/C24H22N4O5/c1-15-10-17(8-9-18(15)21-11-25-14-32-21)27-24-26-12-22(33-24)19-6-4-5-7-20(19)28(3)23(30)13-31-16(2)29/h4-12,14H,13H2,1-3H3,(H,26,27). The lowest BCUT2D eigenvalue weighted by Crippen LogP contribution is -2.31. The smallest absolute Gasteiger partial charge is 0.303 e. The van der Waals surface area contributed by atoms with Gasteiger partial charge in [-0.25, -0.2) is 9.97 Å². The van der Waals surface area contributed by atoms with E-state index >= 15 is 0 Å². The second kappa shape index (κ2) is 9.39. The molecule has 0 fully saturated rings. The van der Waals surface area contributed by atoms with Crippen molar-refractivity contribution in [1.29, 1.82) is 0 Å². The van der Waals surface area contributed by atoms with E-state index in [2.05, 4.69) is 15.3 Å². The van der Waals surface area contributed by atoms with Gasteiger partial charge in [-0.2, -0.15) is 0 Å². The molecule has 0 spiro atoms. The van der Waals surface area contributed by atoms with Crippen molar-refractivity contribution in [1.82, 2.24) is 9.97 Å². The van der Waals surface area contributed by atoms with Gasteiger partial charge in [0, 0.05) is 30.8 Å². The van der Waals surface area contributed by atoms with E-state index < -0.39 is 5.97 Å². The summed E-state index contributed by atoms with van der Waals surface area (Å²) in [6.07, 6.45) is 4.65. The average Bonchev–Trinajstić information content (AvgIpc) is 3.49. The van der Waals surface area contributed by atoms with Gasteiger partial charge in [0.25, 0.3) is 11.9 Å². The number of esters is 1. The molecule has 9 nitrogen and oxygen atoms in total. The number of benzene rings is 2. The van der Waals surface area contributed by atoms with Gasteiger partial charge >= 0.3 is 5.97 Å². The molecule has 33 heavy (non-hydrogen) atoms. The Morgan fingerprint density at radius 1 is 1.09 bits per heavy atom. The molecule has 0 aliphatic rings. The van der Waals surface area contributed by atoms with E-state index in [9.17, 15) is 9.59 Å². The van der Waals surface area contributed by atoms with Crippen molar-refractivity contribution in [3.8, 4) is 22.6 Å². The van der Waals surface area contributed by atoms with Gasteiger partial charge in [-0.1, -0.05) is 12.1 Å². The molecule has 9 heteroatoms. The molecule has 2 heterocycles. The number of para-hydroxylation sites is 1. The maximum Gasteiger partial charge on any atom is 0.303 e. The van der Waals surface area contributed by atoms with E-state index in [1.54, 1.807) is 25.5 Å². The fourth-order valence-corrected chi connectivity index (χ4v) is 3.32. The molecule has 0 saturated carbocycles. The number of rotatable bonds is 7. The van der Waals surface area contributed by atoms with E-state index in [0.717, 1.165) is 16.8 Å². The average molecular weight is 446 g/mol. The molecule has 0 aliphatic heterocycles. The lowest BCUT2D eigenvalue weighted by molar-refractivity contribution is -0.145. The molecule has 1 amide bonds. The van der Waals surface area contributed by atoms with Crippen LogP contribution in [0.2, 0.25) is 0 Å². The zero-order valence-corrected chi connectivity index (χ0v) is 18.4. The predicted molar refractivity (Wildman–Crippen MR) is 122 cm³/mol. The van der Waals surface area contributed by atoms with Crippen LogP contribution in [0.4, 0.5) is 17.4 Å². The Bertz CT molecular complexity index is 1280. The Balaban J connectivity index is 1.53. The molecule has 2 aromatic heterocycles. The van der Waals surface area contributed by atoms with Crippen LogP contribution in [-0.4, -0.2) is 35.5 Å². The van der Waals surface area contributed by atoms with Crippen LogP contribution in [0, 0.1) is 6.92 Å². The van der Waals surface area contributed by atoms with Gasteiger partial charge in [-0.15, -0.1) is 0 Å². The van der Waals surface area contributed by atoms with Gasteiger partial charge in [-0.3, -0.25) is 9.59 Å². The van der Waals surface area contributed by atoms with Crippen LogP contribution in [0.3, 0.4) is 0 Å². The third kappa shape index (κ3) is 4.93. The van der Waals surface area contributed by atoms with Gasteiger partial charge in [0.15, 0.2) is 24.5 Å². The summed E-state index contributed by atoms with van der Waals surface area (Å²) in [7, 11) is 1.61. The number of likely N-dealkylation sites (N-methyl/N-ethyl adjacent to an activating group) is 1. The van der Waals surface area contributed by atoms with Crippen LogP contribution in [0.25, 0.3) is 22.6 Å². The first kappa shape index (κ1) is 21.8. The highest BCUT2D eigenvalue weighted by Crippen LogP contribution is 2.33. The number of nitrogens with one attached hydrogen (secondary N) is 1. The number of oxazole rings is 2. The molecule has 0 saturated heterocycles. The number of hydrogen-bond acceptors (Lipinski definition) is 8. The second-order valence-electron chi connectivity index (χ2n) is 7.30. The van der Waals surface area contributed by atoms with Crippen molar-refractivity contribution < 1.29 is 23.2 Å². The highest BCUT2D eigenvalue weighted by Gasteiger charge is 2.19. The van der Waals surface area contributed by atoms with Crippen molar-refractivity contribution in [2.45, 2.75) is 13.8 Å². The number of hydrogen-bond donors (Lipinski definition) is 1. The summed E-state index contributed by atoms with van der Waals surface area (Å²) in [5, 5.41) is 3.15. The summed E-state index contributed by atoms with van der Waals surface area (Å²) >= 11 is 0. The van der Waals surface area contributed by atoms with Crippen molar-refractivity contribution in [2.24, 2.45) is 0 Å². The van der Waals surface area contributed by atoms with E-state index in [1.807, 2.05) is 43.3 Å². The number of anilines is 3. The minimum Gasteiger partial charge on any atom is -0.456 e. The number of aryl methyl sites for hydroxylation is 1. The van der Waals surface area contributed by atoms with Crippen molar-refractivity contribution >= 4 is 29.3 Å². The summed E-state index contributed by atoms with van der Waals surface area (Å²) in [4.78, 5) is 33.1. The van der Waals surface area contributed by atoms with E-state index in [0.29, 0.717) is 28.8 Å². The van der Waals surface area contributed by atoms with Gasteiger partial charge in [0.1, 0.15) is 0 Å². The van der Waals surface area contributed by atoms with Crippen molar-refractivity contribution in [3.05, 3.63) is 66.8 Å². The maximum atomic E-state index is 12.4. The van der Waals surface area contributed by atoms with Gasteiger partial charge in [0.05, 0.1) is 18.1 Å². The van der Waals surface area contributed by atoms with E-state index in [4.69, 9.17) is 13.6 Å². The van der Waals surface area contributed by atoms with E-state index in [-0.39, 0.29) is 12.5 Å². The lowest BCUT2D eigenvalue weighted by Gasteiger charge is -2.19. The number of carbonyl (C=O) groups excluding carboxylic acids is 2. The quantitative estimate of drug-likeness (QED) is 0.411. The molecule has 0 atom stereocenters. The molecular weight excluding hydrogens is 424 g/mol. The Morgan fingerprint density at radius 3 is 2.64 bits per heavy atom. The van der Waals surface area contributed by atoms with E-state index in [1.165, 1.54) is 18.2 Å². The maximum absolute atomic E-state index is 12.4. The highest BCUT2D eigenvalue weighted by atomic mass is 16.5. The minimum absolute atomic E-state index is 0.306. The van der Waals surface area contributed by atoms with Crippen LogP contribution < -0.4 is 10.2 Å². The lowest BCUT2D eigenvalue weighted by atomic mass is 10.1. The number of amides is 1. The number of aromatic nitrogens is 2. The normalized spacial score (nSPS) is 10.6. The molecule has 168 valence electrons. The topological polar surface area (TPSA) is 111 Å². The number of ether oxygens (including phenoxy) is 1. The first-order valence-electron chi connectivity index (χ1n) is 10.1. The minimum atomic E-state index is -0.514. The summed E-state index contributed by atoms with van der Waals surface area (Å²) in [5.74, 6) is 0.301. The largest absolute Gasteiger partial charge is 0.456 e. The summed E-state index contributed by atoms with van der Waals surface area (Å²) in [5.41, 5.74) is 4.02. The third-order valence-electron chi connectivity index (χ3n) is 4.99. The number of nitrogens with zero attached hydrogens (tertiary/aromatic N) is 3. The zero-order valence-electron chi connectivity index (χ0n) is 18.4. The van der Waals surface area contributed by atoms with Crippen LogP contribution in [0.15, 0.2) is 70.1 Å². The molecule has 4 rings (SSSR count). The monoisotopic (exact) mass is 446 g/mol. The Hall–Kier alpha value is -4.40. The van der Waals surface area contributed by atoms with Gasteiger partial charge < -0.3 is 23.8 Å².